The third-order valence-corrected chi connectivity index (χ3v) is 6.55. The molecule has 2 aromatic carbocycles. The van der Waals surface area contributed by atoms with E-state index in [1.54, 1.807) is 13.0 Å². The van der Waals surface area contributed by atoms with E-state index in [2.05, 4.69) is 0 Å². The quantitative estimate of drug-likeness (QED) is 0.669. The van der Waals surface area contributed by atoms with Crippen molar-refractivity contribution in [1.82, 2.24) is 4.72 Å². The summed E-state index contributed by atoms with van der Waals surface area (Å²) >= 11 is 0.782. The van der Waals surface area contributed by atoms with Gasteiger partial charge in [-0.1, -0.05) is 12.1 Å². The number of hydrogen-bond acceptors (Lipinski definition) is 5. The van der Waals surface area contributed by atoms with Gasteiger partial charge >= 0.3 is 6.18 Å². The molecule has 5 nitrogen and oxygen atoms in total. The Morgan fingerprint density at radius 1 is 1.11 bits per heavy atom. The number of carbonyl (C=O) groups excluding carboxylic acids is 1. The maximum Gasteiger partial charge on any atom is 0.416 e. The number of sulfonamides is 1. The predicted octanol–water partition coefficient (Wildman–Crippen LogP) is 4.36. The Morgan fingerprint density at radius 2 is 1.82 bits per heavy atom. The van der Waals surface area contributed by atoms with Crippen LogP contribution in [0.5, 0.6) is 5.75 Å². The first-order chi connectivity index (χ1) is 13.0. The van der Waals surface area contributed by atoms with Crippen molar-refractivity contribution in [1.29, 1.82) is 0 Å². The van der Waals surface area contributed by atoms with E-state index in [0.717, 1.165) is 23.5 Å². The summed E-state index contributed by atoms with van der Waals surface area (Å²) in [6, 6.07) is 8.84. The topological polar surface area (TPSA) is 72.5 Å². The number of alkyl halides is 3. The zero-order valence-corrected chi connectivity index (χ0v) is 16.3. The summed E-state index contributed by atoms with van der Waals surface area (Å²) in [5.41, 5.74) is -0.430. The number of thiophene rings is 1. The van der Waals surface area contributed by atoms with Crippen LogP contribution in [0.3, 0.4) is 0 Å². The molecule has 148 valence electrons. The fourth-order valence-electron chi connectivity index (χ4n) is 2.54. The van der Waals surface area contributed by atoms with E-state index in [1.165, 1.54) is 31.4 Å². The van der Waals surface area contributed by atoms with Gasteiger partial charge in [0.15, 0.2) is 0 Å². The molecule has 0 saturated heterocycles. The smallest absolute Gasteiger partial charge is 0.416 e. The number of nitrogens with one attached hydrogen (secondary N) is 1. The third kappa shape index (κ3) is 3.97. The van der Waals surface area contributed by atoms with Gasteiger partial charge in [0, 0.05) is 10.8 Å². The fraction of sp³-hybridized carbons (Fsp3) is 0.167. The molecule has 3 rings (SSSR count). The summed E-state index contributed by atoms with van der Waals surface area (Å²) in [5.74, 6) is -0.614. The van der Waals surface area contributed by atoms with E-state index in [0.29, 0.717) is 16.7 Å². The van der Waals surface area contributed by atoms with Crippen molar-refractivity contribution in [3.63, 3.8) is 0 Å². The molecule has 0 atom stereocenters. The number of ether oxygens (including phenoxy) is 1. The second-order valence-corrected chi connectivity index (χ2v) is 8.66. The molecular weight excluding hydrogens is 415 g/mol. The minimum atomic E-state index is -4.51. The zero-order valence-electron chi connectivity index (χ0n) is 14.6. The Labute approximate surface area is 162 Å². The minimum absolute atomic E-state index is 0.0153. The first-order valence-electron chi connectivity index (χ1n) is 7.84. The lowest BCUT2D eigenvalue weighted by atomic mass is 10.1. The van der Waals surface area contributed by atoms with Crippen molar-refractivity contribution in [2.45, 2.75) is 18.0 Å². The summed E-state index contributed by atoms with van der Waals surface area (Å²) < 4.78 is 70.8. The zero-order chi connectivity index (χ0) is 20.7. The van der Waals surface area contributed by atoms with Crippen LogP contribution in [-0.4, -0.2) is 21.4 Å². The van der Waals surface area contributed by atoms with E-state index < -0.39 is 27.7 Å². The van der Waals surface area contributed by atoms with Gasteiger partial charge in [-0.2, -0.15) is 13.2 Å². The number of hydrogen-bond donors (Lipinski definition) is 1. The Morgan fingerprint density at radius 3 is 2.46 bits per heavy atom. The van der Waals surface area contributed by atoms with Gasteiger partial charge in [0.05, 0.1) is 22.4 Å². The van der Waals surface area contributed by atoms with Crippen LogP contribution >= 0.6 is 11.3 Å². The van der Waals surface area contributed by atoms with Gasteiger partial charge in [0.25, 0.3) is 15.9 Å². The molecule has 0 bridgehead atoms. The van der Waals surface area contributed by atoms with Gasteiger partial charge in [-0.3, -0.25) is 4.79 Å². The number of rotatable bonds is 4. The number of methoxy groups -OCH3 is 1. The van der Waals surface area contributed by atoms with Crippen molar-refractivity contribution in [2.75, 3.05) is 7.11 Å². The van der Waals surface area contributed by atoms with Crippen LogP contribution in [0.2, 0.25) is 0 Å². The molecule has 0 radical (unpaired) electrons. The fourth-order valence-corrected chi connectivity index (χ4v) is 4.83. The van der Waals surface area contributed by atoms with Gasteiger partial charge in [0.2, 0.25) is 0 Å². The Hall–Kier alpha value is -2.59. The van der Waals surface area contributed by atoms with E-state index in [9.17, 15) is 26.4 Å². The standard InChI is InChI=1S/C18H14F3NO4S2/c1-10-3-6-13(26-2)9-16(10)28(24,25)22-17(23)15-7-11-4-5-12(18(19,20)21)8-14(11)27-15/h3-9H,1-2H3,(H,22,23). The molecule has 10 heteroatoms. The highest BCUT2D eigenvalue weighted by atomic mass is 32.2. The van der Waals surface area contributed by atoms with E-state index in [4.69, 9.17) is 4.74 Å². The highest BCUT2D eigenvalue weighted by Crippen LogP contribution is 2.34. The minimum Gasteiger partial charge on any atom is -0.497 e. The molecule has 1 aromatic heterocycles. The van der Waals surface area contributed by atoms with Crippen LogP contribution in [0.25, 0.3) is 10.1 Å². The number of benzene rings is 2. The average molecular weight is 429 g/mol. The Bertz CT molecular complexity index is 1170. The summed E-state index contributed by atoms with van der Waals surface area (Å²) in [6.07, 6.45) is -4.51. The second kappa shape index (κ2) is 7.10. The van der Waals surface area contributed by atoms with Crippen molar-refractivity contribution in [3.05, 3.63) is 58.5 Å². The Kier molecular flexibility index (Phi) is 5.11. The van der Waals surface area contributed by atoms with Crippen LogP contribution in [0, 0.1) is 6.92 Å². The lowest BCUT2D eigenvalue weighted by molar-refractivity contribution is -0.137. The van der Waals surface area contributed by atoms with Gasteiger partial charge < -0.3 is 4.74 Å². The molecule has 0 aliphatic rings. The first kappa shape index (κ1) is 20.2. The second-order valence-electron chi connectivity index (χ2n) is 5.93. The van der Waals surface area contributed by atoms with Crippen LogP contribution in [0.1, 0.15) is 20.8 Å². The number of aryl methyl sites for hydroxylation is 1. The van der Waals surface area contributed by atoms with Crippen molar-refractivity contribution in [2.24, 2.45) is 0 Å². The maximum atomic E-state index is 12.8. The van der Waals surface area contributed by atoms with Crippen LogP contribution in [0.15, 0.2) is 47.4 Å². The first-order valence-corrected chi connectivity index (χ1v) is 10.1. The van der Waals surface area contributed by atoms with Crippen molar-refractivity contribution >= 4 is 37.4 Å². The molecule has 0 unspecified atom stereocenters. The lowest BCUT2D eigenvalue weighted by Gasteiger charge is -2.10. The Balaban J connectivity index is 1.92. The molecule has 28 heavy (non-hydrogen) atoms. The molecule has 1 N–H and O–H groups in total. The molecular formula is C18H14F3NO4S2. The molecule has 0 fully saturated rings. The molecule has 0 aliphatic heterocycles. The van der Waals surface area contributed by atoms with Crippen molar-refractivity contribution < 1.29 is 31.1 Å². The van der Waals surface area contributed by atoms with Gasteiger partial charge in [0.1, 0.15) is 5.75 Å². The number of fused-ring (bicyclic) bond motifs is 1. The van der Waals surface area contributed by atoms with Gasteiger partial charge in [-0.15, -0.1) is 11.3 Å². The normalized spacial score (nSPS) is 12.2. The van der Waals surface area contributed by atoms with Crippen LogP contribution in [0.4, 0.5) is 13.2 Å². The number of carbonyl (C=O) groups is 1. The molecule has 3 aromatic rings. The van der Waals surface area contributed by atoms with E-state index >= 15 is 0 Å². The summed E-state index contributed by atoms with van der Waals surface area (Å²) in [5, 5.41) is 0.415. The molecule has 0 saturated carbocycles. The van der Waals surface area contributed by atoms with Crippen LogP contribution in [-0.2, 0) is 16.2 Å². The number of halogens is 3. The molecule has 0 aliphatic carbocycles. The molecule has 1 heterocycles. The van der Waals surface area contributed by atoms with Gasteiger partial charge in [-0.25, -0.2) is 13.1 Å². The highest BCUT2D eigenvalue weighted by molar-refractivity contribution is 7.90. The predicted molar refractivity (Wildman–Crippen MR) is 99.2 cm³/mol. The van der Waals surface area contributed by atoms with Crippen molar-refractivity contribution in [3.8, 4) is 5.75 Å². The summed E-state index contributed by atoms with van der Waals surface area (Å²) in [4.78, 5) is 12.3. The largest absolute Gasteiger partial charge is 0.497 e. The maximum absolute atomic E-state index is 12.8. The van der Waals surface area contributed by atoms with E-state index in [-0.39, 0.29) is 14.5 Å². The van der Waals surface area contributed by atoms with E-state index in [1.807, 2.05) is 4.72 Å². The van der Waals surface area contributed by atoms with Crippen LogP contribution < -0.4 is 9.46 Å². The number of amides is 1. The summed E-state index contributed by atoms with van der Waals surface area (Å²) in [7, 11) is -2.81. The molecule has 1 amide bonds. The van der Waals surface area contributed by atoms with Gasteiger partial charge in [-0.05, 0) is 42.1 Å². The SMILES string of the molecule is COc1ccc(C)c(S(=O)(=O)NC(=O)c2cc3ccc(C(F)(F)F)cc3s2)c1. The monoisotopic (exact) mass is 429 g/mol. The highest BCUT2D eigenvalue weighted by Gasteiger charge is 2.31. The average Bonchev–Trinajstić information content (AvgIpc) is 3.04. The summed E-state index contributed by atoms with van der Waals surface area (Å²) in [6.45, 7) is 1.57. The lowest BCUT2D eigenvalue weighted by Crippen LogP contribution is -2.30. The molecule has 0 spiro atoms. The third-order valence-electron chi connectivity index (χ3n) is 3.98.